The number of rotatable bonds is 6. The Balaban J connectivity index is 2.05. The molecule has 0 saturated heterocycles. The summed E-state index contributed by atoms with van der Waals surface area (Å²) in [6, 6.07) is 3.96. The number of aromatic nitrogens is 1. The van der Waals surface area contributed by atoms with Crippen molar-refractivity contribution in [1.82, 2.24) is 15.2 Å². The molecule has 0 bridgehead atoms. The molecule has 1 aromatic carbocycles. The highest BCUT2D eigenvalue weighted by molar-refractivity contribution is 5.79. The summed E-state index contributed by atoms with van der Waals surface area (Å²) in [4.78, 5) is 3.98. The van der Waals surface area contributed by atoms with E-state index in [1.54, 1.807) is 0 Å². The summed E-state index contributed by atoms with van der Waals surface area (Å²) < 4.78 is 55.6. The van der Waals surface area contributed by atoms with E-state index in [-0.39, 0.29) is 6.07 Å². The number of nitrogens with one attached hydrogen (secondary N) is 2. The standard InChI is InChI=1S/C16H18F4N4/c1-2-21-16(22-5-8-24-6-3-4-7-24)23-10-11-14(19)12(17)9-13(18)15(11)20/h3-4,6-7,9H,2,5,8,10H2,1H3,(H2,21,22,23). The van der Waals surface area contributed by atoms with E-state index in [9.17, 15) is 17.6 Å². The number of hydrogen-bond acceptors (Lipinski definition) is 1. The molecule has 2 rings (SSSR count). The van der Waals surface area contributed by atoms with E-state index in [0.717, 1.165) is 0 Å². The van der Waals surface area contributed by atoms with Crippen molar-refractivity contribution in [2.24, 2.45) is 4.99 Å². The van der Waals surface area contributed by atoms with Crippen LogP contribution in [0.4, 0.5) is 17.6 Å². The fourth-order valence-corrected chi connectivity index (χ4v) is 2.08. The number of guanidine groups is 1. The lowest BCUT2D eigenvalue weighted by atomic mass is 10.2. The van der Waals surface area contributed by atoms with Crippen LogP contribution < -0.4 is 10.6 Å². The van der Waals surface area contributed by atoms with Crippen LogP contribution in [0, 0.1) is 23.3 Å². The van der Waals surface area contributed by atoms with Crippen molar-refractivity contribution in [3.63, 3.8) is 0 Å². The molecule has 1 aromatic heterocycles. The molecule has 0 radical (unpaired) electrons. The van der Waals surface area contributed by atoms with Gasteiger partial charge in [0.15, 0.2) is 29.2 Å². The highest BCUT2D eigenvalue weighted by Gasteiger charge is 2.18. The summed E-state index contributed by atoms with van der Waals surface area (Å²) in [5.74, 6) is -5.44. The minimum absolute atomic E-state index is 0.179. The molecule has 0 spiro atoms. The van der Waals surface area contributed by atoms with Crippen LogP contribution in [0.2, 0.25) is 0 Å². The van der Waals surface area contributed by atoms with Gasteiger partial charge in [-0.1, -0.05) is 0 Å². The first kappa shape index (κ1) is 17.8. The summed E-state index contributed by atoms with van der Waals surface area (Å²) in [5, 5.41) is 5.88. The maximum Gasteiger partial charge on any atom is 0.191 e. The summed E-state index contributed by atoms with van der Waals surface area (Å²) in [6.45, 7) is 3.01. The molecule has 0 aliphatic carbocycles. The summed E-state index contributed by atoms with van der Waals surface area (Å²) in [6.07, 6.45) is 3.79. The van der Waals surface area contributed by atoms with Crippen molar-refractivity contribution < 1.29 is 17.6 Å². The van der Waals surface area contributed by atoms with Gasteiger partial charge in [-0.3, -0.25) is 0 Å². The Morgan fingerprint density at radius 1 is 1.04 bits per heavy atom. The zero-order valence-corrected chi connectivity index (χ0v) is 13.1. The van der Waals surface area contributed by atoms with E-state index >= 15 is 0 Å². The second-order valence-corrected chi connectivity index (χ2v) is 4.99. The van der Waals surface area contributed by atoms with E-state index in [2.05, 4.69) is 15.6 Å². The fourth-order valence-electron chi connectivity index (χ4n) is 2.08. The summed E-state index contributed by atoms with van der Waals surface area (Å²) in [5.41, 5.74) is -0.741. The average molecular weight is 342 g/mol. The van der Waals surface area contributed by atoms with Crippen LogP contribution in [0.1, 0.15) is 12.5 Å². The molecular formula is C16H18F4N4. The molecule has 0 aliphatic heterocycles. The second-order valence-electron chi connectivity index (χ2n) is 4.99. The van der Waals surface area contributed by atoms with Gasteiger partial charge in [-0.15, -0.1) is 0 Å². The Hall–Kier alpha value is -2.51. The summed E-state index contributed by atoms with van der Waals surface area (Å²) in [7, 11) is 0. The first-order valence-corrected chi connectivity index (χ1v) is 7.47. The van der Waals surface area contributed by atoms with Crippen LogP contribution in [0.3, 0.4) is 0 Å². The van der Waals surface area contributed by atoms with Gasteiger partial charge in [0.2, 0.25) is 0 Å². The zero-order chi connectivity index (χ0) is 17.5. The van der Waals surface area contributed by atoms with Crippen LogP contribution >= 0.6 is 0 Å². The molecule has 2 aromatic rings. The lowest BCUT2D eigenvalue weighted by molar-refractivity contribution is 0.439. The minimum Gasteiger partial charge on any atom is -0.357 e. The van der Waals surface area contributed by atoms with Crippen LogP contribution in [0.5, 0.6) is 0 Å². The molecule has 1 heterocycles. The Morgan fingerprint density at radius 2 is 1.67 bits per heavy atom. The fraction of sp³-hybridized carbons (Fsp3) is 0.312. The van der Waals surface area contributed by atoms with Gasteiger partial charge >= 0.3 is 0 Å². The van der Waals surface area contributed by atoms with Crippen molar-refractivity contribution in [2.75, 3.05) is 13.1 Å². The van der Waals surface area contributed by atoms with E-state index in [1.165, 1.54) is 0 Å². The van der Waals surface area contributed by atoms with Gasteiger partial charge < -0.3 is 15.2 Å². The van der Waals surface area contributed by atoms with Gasteiger partial charge in [0.1, 0.15) is 0 Å². The molecule has 8 heteroatoms. The predicted molar refractivity (Wildman–Crippen MR) is 83.5 cm³/mol. The average Bonchev–Trinajstić information content (AvgIpc) is 3.06. The van der Waals surface area contributed by atoms with Crippen LogP contribution in [0.25, 0.3) is 0 Å². The third kappa shape index (κ3) is 4.50. The number of aliphatic imine (C=N–C) groups is 1. The van der Waals surface area contributed by atoms with Gasteiger partial charge in [0.25, 0.3) is 0 Å². The molecule has 2 N–H and O–H groups in total. The molecule has 0 saturated carbocycles. The van der Waals surface area contributed by atoms with Gasteiger partial charge in [-0.05, 0) is 19.1 Å². The third-order valence-electron chi connectivity index (χ3n) is 3.27. The minimum atomic E-state index is -1.44. The molecule has 0 amide bonds. The highest BCUT2D eigenvalue weighted by Crippen LogP contribution is 2.19. The first-order valence-electron chi connectivity index (χ1n) is 7.47. The SMILES string of the molecule is CCNC(=NCc1c(F)c(F)cc(F)c1F)NCCn1cccc1. The lowest BCUT2D eigenvalue weighted by Gasteiger charge is -2.12. The number of nitrogens with zero attached hydrogens (tertiary/aromatic N) is 2. The largest absolute Gasteiger partial charge is 0.357 e. The molecule has 4 nitrogen and oxygen atoms in total. The van der Waals surface area contributed by atoms with Crippen molar-refractivity contribution in [3.8, 4) is 0 Å². The van der Waals surface area contributed by atoms with E-state index in [1.807, 2.05) is 36.0 Å². The number of halogens is 4. The van der Waals surface area contributed by atoms with Crippen molar-refractivity contribution in [1.29, 1.82) is 0 Å². The molecule has 0 atom stereocenters. The molecule has 130 valence electrons. The maximum atomic E-state index is 13.6. The normalized spacial score (nSPS) is 11.6. The number of benzene rings is 1. The quantitative estimate of drug-likeness (QED) is 0.367. The first-order chi connectivity index (χ1) is 11.5. The molecule has 0 aliphatic rings. The van der Waals surface area contributed by atoms with Crippen LogP contribution in [0.15, 0.2) is 35.6 Å². The lowest BCUT2D eigenvalue weighted by Crippen LogP contribution is -2.38. The van der Waals surface area contributed by atoms with Crippen molar-refractivity contribution in [2.45, 2.75) is 20.0 Å². The Morgan fingerprint density at radius 3 is 2.25 bits per heavy atom. The maximum absolute atomic E-state index is 13.6. The highest BCUT2D eigenvalue weighted by atomic mass is 19.2. The van der Waals surface area contributed by atoms with Crippen LogP contribution in [-0.2, 0) is 13.1 Å². The summed E-state index contributed by atoms with van der Waals surface area (Å²) >= 11 is 0. The Bertz CT molecular complexity index is 672. The number of hydrogen-bond donors (Lipinski definition) is 2. The van der Waals surface area contributed by atoms with Gasteiger partial charge in [-0.25, -0.2) is 22.6 Å². The van der Waals surface area contributed by atoms with E-state index < -0.39 is 35.4 Å². The monoisotopic (exact) mass is 342 g/mol. The molecule has 0 unspecified atom stereocenters. The van der Waals surface area contributed by atoms with Crippen molar-refractivity contribution in [3.05, 3.63) is 59.4 Å². The van der Waals surface area contributed by atoms with E-state index in [0.29, 0.717) is 25.6 Å². The third-order valence-corrected chi connectivity index (χ3v) is 3.27. The smallest absolute Gasteiger partial charge is 0.191 e. The Kier molecular flexibility index (Phi) is 6.22. The van der Waals surface area contributed by atoms with Gasteiger partial charge in [-0.2, -0.15) is 0 Å². The van der Waals surface area contributed by atoms with Gasteiger partial charge in [0.05, 0.1) is 12.1 Å². The molecule has 0 fully saturated rings. The van der Waals surface area contributed by atoms with Crippen molar-refractivity contribution >= 4 is 5.96 Å². The molecule has 24 heavy (non-hydrogen) atoms. The molecular weight excluding hydrogens is 324 g/mol. The predicted octanol–water partition coefficient (Wildman–Crippen LogP) is 2.80. The second kappa shape index (κ2) is 8.37. The van der Waals surface area contributed by atoms with Crippen LogP contribution in [-0.4, -0.2) is 23.6 Å². The zero-order valence-electron chi connectivity index (χ0n) is 13.1. The van der Waals surface area contributed by atoms with E-state index in [4.69, 9.17) is 0 Å². The van der Waals surface area contributed by atoms with Gasteiger partial charge in [0, 0.05) is 38.1 Å². The Labute approximate surface area is 137 Å². The topological polar surface area (TPSA) is 41.4 Å².